The molecular weight excluding hydrogens is 414 g/mol. The fourth-order valence-corrected chi connectivity index (χ4v) is 5.58. The molecule has 7 nitrogen and oxygen atoms in total. The van der Waals surface area contributed by atoms with Gasteiger partial charge in [0.05, 0.1) is 24.0 Å². The first-order valence-electron chi connectivity index (χ1n) is 10.7. The number of hydrogen-bond donors (Lipinski definition) is 1. The van der Waals surface area contributed by atoms with Crippen molar-refractivity contribution in [1.82, 2.24) is 4.31 Å². The molecule has 0 bridgehead atoms. The van der Waals surface area contributed by atoms with Crippen molar-refractivity contribution in [2.24, 2.45) is 5.92 Å². The molecule has 2 aliphatic rings. The van der Waals surface area contributed by atoms with Crippen LogP contribution in [0.5, 0.6) is 0 Å². The number of aryl methyl sites for hydroxylation is 1. The molecule has 2 fully saturated rings. The number of hydrogen-bond acceptors (Lipinski definition) is 5. The number of nitrogens with one attached hydrogen (secondary N) is 1. The minimum Gasteiger partial charge on any atom is -0.378 e. The van der Waals surface area contributed by atoms with Crippen molar-refractivity contribution in [3.63, 3.8) is 0 Å². The number of benzene rings is 2. The second kappa shape index (κ2) is 9.38. The lowest BCUT2D eigenvalue weighted by atomic mass is 9.98. The zero-order valence-electron chi connectivity index (χ0n) is 17.8. The zero-order valence-corrected chi connectivity index (χ0v) is 18.6. The SMILES string of the molecule is Cc1ccc(S(=O)(=O)N2CCCC(C(=O)Nc3ccc(N4CCOCC4)cc3)C2)cc1. The Balaban J connectivity index is 1.39. The maximum absolute atomic E-state index is 13.0. The van der Waals surface area contributed by atoms with E-state index in [9.17, 15) is 13.2 Å². The number of ether oxygens (including phenoxy) is 1. The highest BCUT2D eigenvalue weighted by molar-refractivity contribution is 7.89. The van der Waals surface area contributed by atoms with E-state index in [0.717, 1.165) is 43.2 Å². The van der Waals surface area contributed by atoms with Crippen LogP contribution in [0.25, 0.3) is 0 Å². The van der Waals surface area contributed by atoms with Gasteiger partial charge in [-0.3, -0.25) is 4.79 Å². The molecule has 0 radical (unpaired) electrons. The predicted molar refractivity (Wildman–Crippen MR) is 121 cm³/mol. The molecule has 8 heteroatoms. The largest absolute Gasteiger partial charge is 0.378 e. The molecule has 0 saturated carbocycles. The van der Waals surface area contributed by atoms with E-state index < -0.39 is 10.0 Å². The molecule has 1 unspecified atom stereocenters. The van der Waals surface area contributed by atoms with Gasteiger partial charge >= 0.3 is 0 Å². The van der Waals surface area contributed by atoms with Crippen molar-refractivity contribution in [1.29, 1.82) is 0 Å². The van der Waals surface area contributed by atoms with Gasteiger partial charge in [-0.25, -0.2) is 8.42 Å². The van der Waals surface area contributed by atoms with Crippen LogP contribution >= 0.6 is 0 Å². The van der Waals surface area contributed by atoms with Gasteiger partial charge in [0.25, 0.3) is 0 Å². The predicted octanol–water partition coefficient (Wildman–Crippen LogP) is 2.87. The number of piperidine rings is 1. The maximum atomic E-state index is 13.0. The minimum absolute atomic E-state index is 0.136. The summed E-state index contributed by atoms with van der Waals surface area (Å²) in [7, 11) is -3.60. The van der Waals surface area contributed by atoms with E-state index in [2.05, 4.69) is 10.2 Å². The molecule has 0 spiro atoms. The highest BCUT2D eigenvalue weighted by Crippen LogP contribution is 2.26. The normalized spacial score (nSPS) is 20.4. The molecule has 2 heterocycles. The van der Waals surface area contributed by atoms with Gasteiger partial charge in [0.15, 0.2) is 0 Å². The Hall–Kier alpha value is -2.42. The van der Waals surface area contributed by atoms with E-state index in [1.54, 1.807) is 24.3 Å². The summed E-state index contributed by atoms with van der Waals surface area (Å²) in [5.74, 6) is -0.504. The van der Waals surface area contributed by atoms with Crippen molar-refractivity contribution in [2.75, 3.05) is 49.6 Å². The number of rotatable bonds is 5. The highest BCUT2D eigenvalue weighted by Gasteiger charge is 2.33. The van der Waals surface area contributed by atoms with Crippen LogP contribution in [0.3, 0.4) is 0 Å². The second-order valence-electron chi connectivity index (χ2n) is 8.15. The average molecular weight is 444 g/mol. The molecule has 2 aliphatic heterocycles. The van der Waals surface area contributed by atoms with E-state index in [1.807, 2.05) is 31.2 Å². The van der Waals surface area contributed by atoms with Gasteiger partial charge in [-0.2, -0.15) is 4.31 Å². The van der Waals surface area contributed by atoms with Crippen molar-refractivity contribution in [3.8, 4) is 0 Å². The fourth-order valence-electron chi connectivity index (χ4n) is 4.06. The molecule has 2 aromatic carbocycles. The third-order valence-electron chi connectivity index (χ3n) is 5.92. The summed E-state index contributed by atoms with van der Waals surface area (Å²) in [5.41, 5.74) is 2.84. The summed E-state index contributed by atoms with van der Waals surface area (Å²) in [6.45, 7) is 5.73. The van der Waals surface area contributed by atoms with E-state index in [0.29, 0.717) is 19.4 Å². The van der Waals surface area contributed by atoms with Crippen LogP contribution in [0.4, 0.5) is 11.4 Å². The third kappa shape index (κ3) is 5.08. The molecule has 0 aliphatic carbocycles. The highest BCUT2D eigenvalue weighted by atomic mass is 32.2. The second-order valence-corrected chi connectivity index (χ2v) is 10.1. The molecule has 4 rings (SSSR count). The van der Waals surface area contributed by atoms with Gasteiger partial charge < -0.3 is 15.0 Å². The number of sulfonamides is 1. The van der Waals surface area contributed by atoms with E-state index in [1.165, 1.54) is 4.31 Å². The summed E-state index contributed by atoms with van der Waals surface area (Å²) in [6.07, 6.45) is 1.34. The van der Waals surface area contributed by atoms with Crippen molar-refractivity contribution < 1.29 is 17.9 Å². The Morgan fingerprint density at radius 2 is 1.68 bits per heavy atom. The lowest BCUT2D eigenvalue weighted by Gasteiger charge is -2.31. The average Bonchev–Trinajstić information content (AvgIpc) is 2.80. The monoisotopic (exact) mass is 443 g/mol. The first-order valence-corrected chi connectivity index (χ1v) is 12.2. The number of carbonyl (C=O) groups excluding carboxylic acids is 1. The Bertz CT molecular complexity index is 1000. The number of anilines is 2. The first-order chi connectivity index (χ1) is 14.9. The van der Waals surface area contributed by atoms with Crippen molar-refractivity contribution >= 4 is 27.3 Å². The third-order valence-corrected chi connectivity index (χ3v) is 7.80. The Labute approximate surface area is 184 Å². The van der Waals surface area contributed by atoms with Crippen LogP contribution in [-0.2, 0) is 19.6 Å². The molecule has 31 heavy (non-hydrogen) atoms. The maximum Gasteiger partial charge on any atom is 0.243 e. The molecule has 1 amide bonds. The molecule has 2 saturated heterocycles. The van der Waals surface area contributed by atoms with Crippen LogP contribution in [0.15, 0.2) is 53.4 Å². The first kappa shape index (κ1) is 21.8. The summed E-state index contributed by atoms with van der Waals surface area (Å²) < 4.78 is 32.8. The smallest absolute Gasteiger partial charge is 0.243 e. The van der Waals surface area contributed by atoms with Gasteiger partial charge in [0, 0.05) is 37.6 Å². The molecule has 0 aromatic heterocycles. The lowest BCUT2D eigenvalue weighted by molar-refractivity contribution is -0.120. The van der Waals surface area contributed by atoms with E-state index in [-0.39, 0.29) is 23.3 Å². The zero-order chi connectivity index (χ0) is 21.8. The molecule has 2 aromatic rings. The molecule has 166 valence electrons. The van der Waals surface area contributed by atoms with Crippen LogP contribution in [0.1, 0.15) is 18.4 Å². The van der Waals surface area contributed by atoms with Gasteiger partial charge in [-0.15, -0.1) is 0 Å². The van der Waals surface area contributed by atoms with Gasteiger partial charge in [0.1, 0.15) is 0 Å². The van der Waals surface area contributed by atoms with Gasteiger partial charge in [0.2, 0.25) is 15.9 Å². The van der Waals surface area contributed by atoms with E-state index in [4.69, 9.17) is 4.74 Å². The fraction of sp³-hybridized carbons (Fsp3) is 0.435. The summed E-state index contributed by atoms with van der Waals surface area (Å²) in [6, 6.07) is 14.6. The summed E-state index contributed by atoms with van der Waals surface area (Å²) >= 11 is 0. The van der Waals surface area contributed by atoms with Crippen LogP contribution in [0, 0.1) is 12.8 Å². The molecule has 1 atom stereocenters. The quantitative estimate of drug-likeness (QED) is 0.769. The van der Waals surface area contributed by atoms with E-state index >= 15 is 0 Å². The molecular formula is C23H29N3O4S. The standard InChI is InChI=1S/C23H29N3O4S/c1-18-4-10-22(11-5-18)31(28,29)26-12-2-3-19(17-26)23(27)24-20-6-8-21(9-7-20)25-13-15-30-16-14-25/h4-11,19H,2-3,12-17H2,1H3,(H,24,27). The van der Waals surface area contributed by atoms with Gasteiger partial charge in [-0.1, -0.05) is 17.7 Å². The van der Waals surface area contributed by atoms with Gasteiger partial charge in [-0.05, 0) is 56.2 Å². The van der Waals surface area contributed by atoms with Crippen LogP contribution < -0.4 is 10.2 Å². The number of amides is 1. The van der Waals surface area contributed by atoms with Crippen LogP contribution in [-0.4, -0.2) is 58.0 Å². The summed E-state index contributed by atoms with van der Waals surface area (Å²) in [4.78, 5) is 15.4. The Morgan fingerprint density at radius 1 is 1.00 bits per heavy atom. The minimum atomic E-state index is -3.60. The topological polar surface area (TPSA) is 79.0 Å². The molecule has 1 N–H and O–H groups in total. The number of morpholine rings is 1. The van der Waals surface area contributed by atoms with Crippen molar-refractivity contribution in [2.45, 2.75) is 24.7 Å². The Kier molecular flexibility index (Phi) is 6.60. The van der Waals surface area contributed by atoms with Crippen molar-refractivity contribution in [3.05, 3.63) is 54.1 Å². The summed E-state index contributed by atoms with van der Waals surface area (Å²) in [5, 5.41) is 2.96. The number of carbonyl (C=O) groups is 1. The number of nitrogens with zero attached hydrogens (tertiary/aromatic N) is 2. The van der Waals surface area contributed by atoms with Crippen LogP contribution in [0.2, 0.25) is 0 Å². The Morgan fingerprint density at radius 3 is 2.35 bits per heavy atom. The lowest BCUT2D eigenvalue weighted by Crippen LogP contribution is -2.43.